The molecule has 1 atom stereocenters. The maximum atomic E-state index is 10.6. The quantitative estimate of drug-likeness (QED) is 0.554. The van der Waals surface area contributed by atoms with Crippen molar-refractivity contribution < 1.29 is 24.9 Å². The van der Waals surface area contributed by atoms with Crippen molar-refractivity contribution in [2.75, 3.05) is 6.54 Å². The van der Waals surface area contributed by atoms with Crippen molar-refractivity contribution in [3.63, 3.8) is 0 Å². The van der Waals surface area contributed by atoms with Crippen LogP contribution >= 0.6 is 0 Å². The highest BCUT2D eigenvalue weighted by Crippen LogP contribution is 2.33. The summed E-state index contributed by atoms with van der Waals surface area (Å²) in [5.74, 6) is -0.0591. The number of rotatable bonds is 4. The Morgan fingerprint density at radius 2 is 2.09 bits per heavy atom. The van der Waals surface area contributed by atoms with Gasteiger partial charge >= 0.3 is 6.16 Å². The topological polar surface area (TPSA) is 115 Å². The molecule has 1 aromatic carbocycles. The highest BCUT2D eigenvalue weighted by Gasteiger charge is 2.19. The number of aliphatic hydroxyl groups excluding tert-OH is 1. The minimum absolute atomic E-state index is 0.0127. The number of aromatic nitrogens is 1. The number of hydrogen-bond acceptors (Lipinski definition) is 5. The van der Waals surface area contributed by atoms with Crippen molar-refractivity contribution in [2.45, 2.75) is 32.4 Å². The van der Waals surface area contributed by atoms with Crippen LogP contribution in [0.25, 0.3) is 10.9 Å². The fourth-order valence-electron chi connectivity index (χ4n) is 2.15. The van der Waals surface area contributed by atoms with Crippen LogP contribution in [0.3, 0.4) is 0 Å². The number of H-pyrrole nitrogens is 1. The van der Waals surface area contributed by atoms with Crippen LogP contribution in [0, 0.1) is 0 Å². The van der Waals surface area contributed by atoms with Gasteiger partial charge < -0.3 is 30.4 Å². The van der Waals surface area contributed by atoms with Crippen LogP contribution in [0.4, 0.5) is 4.79 Å². The van der Waals surface area contributed by atoms with Gasteiger partial charge in [-0.1, -0.05) is 6.07 Å². The molecule has 120 valence electrons. The van der Waals surface area contributed by atoms with Crippen LogP contribution in [0.5, 0.6) is 11.6 Å². The van der Waals surface area contributed by atoms with E-state index in [4.69, 9.17) is 5.11 Å². The Kier molecular flexibility index (Phi) is 4.30. The molecule has 0 bridgehead atoms. The Balaban J connectivity index is 2.35. The smallest absolute Gasteiger partial charge is 0.506 e. The van der Waals surface area contributed by atoms with Crippen molar-refractivity contribution in [3.8, 4) is 11.6 Å². The van der Waals surface area contributed by atoms with E-state index in [9.17, 15) is 15.0 Å². The fourth-order valence-corrected chi connectivity index (χ4v) is 2.15. The van der Waals surface area contributed by atoms with Crippen LogP contribution < -0.4 is 10.1 Å². The fraction of sp³-hybridized carbons (Fsp3) is 0.400. The molecular weight excluding hydrogens is 288 g/mol. The number of aromatic amines is 1. The maximum absolute atomic E-state index is 10.6. The van der Waals surface area contributed by atoms with Crippen molar-refractivity contribution in [1.29, 1.82) is 0 Å². The summed E-state index contributed by atoms with van der Waals surface area (Å²) in [6, 6.07) is 4.49. The Hall–Kier alpha value is -2.25. The molecule has 0 fully saturated rings. The number of carbonyl (C=O) groups is 1. The summed E-state index contributed by atoms with van der Waals surface area (Å²) in [5, 5.41) is 32.6. The number of nitrogens with one attached hydrogen (secondary N) is 2. The first-order valence-corrected chi connectivity index (χ1v) is 6.86. The van der Waals surface area contributed by atoms with Gasteiger partial charge in [0.05, 0.1) is 11.6 Å². The lowest BCUT2D eigenvalue weighted by molar-refractivity contribution is 0.143. The van der Waals surface area contributed by atoms with E-state index in [2.05, 4.69) is 15.0 Å². The summed E-state index contributed by atoms with van der Waals surface area (Å²) < 4.78 is 4.56. The zero-order valence-electron chi connectivity index (χ0n) is 12.7. The summed E-state index contributed by atoms with van der Waals surface area (Å²) >= 11 is 0. The highest BCUT2D eigenvalue weighted by atomic mass is 16.7. The molecule has 0 amide bonds. The summed E-state index contributed by atoms with van der Waals surface area (Å²) in [7, 11) is 0. The van der Waals surface area contributed by atoms with E-state index in [1.54, 1.807) is 6.07 Å². The molecule has 0 saturated heterocycles. The molecule has 22 heavy (non-hydrogen) atoms. The van der Waals surface area contributed by atoms with Gasteiger partial charge in [-0.3, -0.25) is 0 Å². The standard InChI is InChI=1S/C15H20N2O5/c1-15(2,3)16-7-11(19)8-4-5-10(18)13-9(8)6-12(17-13)22-14(20)21/h4-6,11,16-19H,7H2,1-3H3,(H,20,21). The number of carboxylic acid groups (broad SMARTS) is 1. The number of hydrogen-bond donors (Lipinski definition) is 5. The van der Waals surface area contributed by atoms with Gasteiger partial charge in [-0.25, -0.2) is 4.79 Å². The van der Waals surface area contributed by atoms with Gasteiger partial charge in [-0.15, -0.1) is 0 Å². The molecule has 1 aromatic heterocycles. The molecule has 7 heteroatoms. The number of phenolic OH excluding ortho intramolecular Hbond substituents is 1. The highest BCUT2D eigenvalue weighted by molar-refractivity contribution is 5.90. The molecular formula is C15H20N2O5. The predicted molar refractivity (Wildman–Crippen MR) is 81.3 cm³/mol. The monoisotopic (exact) mass is 308 g/mol. The number of aromatic hydroxyl groups is 1. The largest absolute Gasteiger partial charge is 0.512 e. The SMILES string of the molecule is CC(C)(C)NCC(O)c1ccc(O)c2[nH]c(OC(=O)O)cc12. The molecule has 1 unspecified atom stereocenters. The molecule has 0 aliphatic carbocycles. The Morgan fingerprint density at radius 3 is 2.68 bits per heavy atom. The van der Waals surface area contributed by atoms with Crippen LogP contribution in [-0.4, -0.2) is 38.5 Å². The van der Waals surface area contributed by atoms with E-state index >= 15 is 0 Å². The number of ether oxygens (including phenoxy) is 1. The van der Waals surface area contributed by atoms with E-state index in [0.29, 0.717) is 23.0 Å². The van der Waals surface area contributed by atoms with E-state index < -0.39 is 12.3 Å². The van der Waals surface area contributed by atoms with Crippen molar-refractivity contribution in [3.05, 3.63) is 23.8 Å². The predicted octanol–water partition coefficient (Wildman–Crippen LogP) is 2.35. The number of fused-ring (bicyclic) bond motifs is 1. The Labute approximate surface area is 127 Å². The summed E-state index contributed by atoms with van der Waals surface area (Å²) in [6.07, 6.45) is -2.27. The number of aliphatic hydroxyl groups is 1. The van der Waals surface area contributed by atoms with Gasteiger partial charge in [0.2, 0.25) is 5.88 Å². The number of phenols is 1. The zero-order chi connectivity index (χ0) is 16.5. The van der Waals surface area contributed by atoms with Crippen molar-refractivity contribution in [2.24, 2.45) is 0 Å². The molecule has 2 aromatic rings. The Bertz CT molecular complexity index is 687. The average molecular weight is 308 g/mol. The maximum Gasteiger partial charge on any atom is 0.512 e. The van der Waals surface area contributed by atoms with Gasteiger partial charge in [-0.2, -0.15) is 0 Å². The zero-order valence-corrected chi connectivity index (χ0v) is 12.7. The minimum Gasteiger partial charge on any atom is -0.506 e. The molecule has 2 rings (SSSR count). The van der Waals surface area contributed by atoms with Gasteiger partial charge in [0.15, 0.2) is 0 Å². The normalized spacial score (nSPS) is 13.3. The molecule has 0 radical (unpaired) electrons. The summed E-state index contributed by atoms with van der Waals surface area (Å²) in [6.45, 7) is 6.29. The van der Waals surface area contributed by atoms with E-state index in [1.165, 1.54) is 12.1 Å². The first kappa shape index (κ1) is 16.1. The second-order valence-electron chi connectivity index (χ2n) is 6.11. The third-order valence-electron chi connectivity index (χ3n) is 3.16. The molecule has 7 nitrogen and oxygen atoms in total. The number of β-amino-alcohol motifs (C(OH)–C–C–N with tert-alkyl or cyclic N) is 1. The van der Waals surface area contributed by atoms with Crippen LogP contribution in [0.2, 0.25) is 0 Å². The van der Waals surface area contributed by atoms with E-state index in [1.807, 2.05) is 20.8 Å². The lowest BCUT2D eigenvalue weighted by atomic mass is 10.0. The minimum atomic E-state index is -1.46. The molecule has 0 spiro atoms. The molecule has 0 aliphatic heterocycles. The first-order chi connectivity index (χ1) is 10.2. The van der Waals surface area contributed by atoms with E-state index in [-0.39, 0.29) is 17.2 Å². The summed E-state index contributed by atoms with van der Waals surface area (Å²) in [5.41, 5.74) is 0.747. The van der Waals surface area contributed by atoms with Crippen molar-refractivity contribution in [1.82, 2.24) is 10.3 Å². The van der Waals surface area contributed by atoms with Crippen LogP contribution in [0.15, 0.2) is 18.2 Å². The lowest BCUT2D eigenvalue weighted by Gasteiger charge is -2.23. The van der Waals surface area contributed by atoms with Gasteiger partial charge in [-0.05, 0) is 32.4 Å². The van der Waals surface area contributed by atoms with Gasteiger partial charge in [0, 0.05) is 23.5 Å². The Morgan fingerprint density at radius 1 is 1.41 bits per heavy atom. The van der Waals surface area contributed by atoms with Crippen molar-refractivity contribution >= 4 is 17.1 Å². The molecule has 0 saturated carbocycles. The van der Waals surface area contributed by atoms with Crippen LogP contribution in [0.1, 0.15) is 32.4 Å². The first-order valence-electron chi connectivity index (χ1n) is 6.86. The van der Waals surface area contributed by atoms with Gasteiger partial charge in [0.1, 0.15) is 5.75 Å². The van der Waals surface area contributed by atoms with E-state index in [0.717, 1.165) is 0 Å². The third kappa shape index (κ3) is 3.69. The average Bonchev–Trinajstić information content (AvgIpc) is 2.79. The number of benzene rings is 1. The van der Waals surface area contributed by atoms with Gasteiger partial charge in [0.25, 0.3) is 0 Å². The second kappa shape index (κ2) is 5.86. The molecule has 1 heterocycles. The van der Waals surface area contributed by atoms with Crippen LogP contribution in [-0.2, 0) is 0 Å². The second-order valence-corrected chi connectivity index (χ2v) is 6.11. The molecule has 5 N–H and O–H groups in total. The lowest BCUT2D eigenvalue weighted by Crippen LogP contribution is -2.38. The third-order valence-corrected chi connectivity index (χ3v) is 3.16. The molecule has 0 aliphatic rings. The summed E-state index contributed by atoms with van der Waals surface area (Å²) in [4.78, 5) is 13.3.